The minimum absolute atomic E-state index is 0.123. The molecule has 0 aliphatic carbocycles. The molecule has 7 heteroatoms. The van der Waals surface area contributed by atoms with Crippen LogP contribution in [0.4, 0.5) is 5.69 Å². The Morgan fingerprint density at radius 1 is 1.24 bits per heavy atom. The highest BCUT2D eigenvalue weighted by Crippen LogP contribution is 2.38. The Balaban J connectivity index is 2.19. The largest absolute Gasteiger partial charge is 0.622 e. The van der Waals surface area contributed by atoms with Crippen LogP contribution in [0.5, 0.6) is 0 Å². The monoisotopic (exact) mass is 341 g/mol. The van der Waals surface area contributed by atoms with Crippen molar-refractivity contribution in [3.05, 3.63) is 81.0 Å². The highest BCUT2D eigenvalue weighted by molar-refractivity contribution is 6.01. The molecule has 0 saturated heterocycles. The molecule has 0 saturated carbocycles. The fourth-order valence-electron chi connectivity index (χ4n) is 3.33. The average molecular weight is 341 g/mol. The molecule has 0 spiro atoms. The molecule has 1 N–H and O–H groups in total. The van der Waals surface area contributed by atoms with Crippen LogP contribution in [0.1, 0.15) is 31.4 Å². The van der Waals surface area contributed by atoms with Crippen molar-refractivity contribution in [2.75, 3.05) is 0 Å². The zero-order valence-corrected chi connectivity index (χ0v) is 14.0. The van der Waals surface area contributed by atoms with E-state index in [1.54, 1.807) is 13.0 Å². The van der Waals surface area contributed by atoms with Gasteiger partial charge in [0.05, 0.1) is 4.92 Å². The van der Waals surface area contributed by atoms with Gasteiger partial charge in [-0.05, 0) is 24.6 Å². The predicted molar refractivity (Wildman–Crippen MR) is 92.3 cm³/mol. The number of nitro groups is 1. The summed E-state index contributed by atoms with van der Waals surface area (Å²) in [5.74, 6) is 0. The van der Waals surface area contributed by atoms with Crippen molar-refractivity contribution in [1.29, 1.82) is 0 Å². The fraction of sp³-hybridized carbons (Fsp3) is 0.278. The summed E-state index contributed by atoms with van der Waals surface area (Å²) in [5.41, 5.74) is -0.0415. The Bertz CT molecular complexity index is 837. The van der Waals surface area contributed by atoms with Gasteiger partial charge in [-0.1, -0.05) is 31.2 Å². The van der Waals surface area contributed by atoms with E-state index in [4.69, 9.17) is 0 Å². The van der Waals surface area contributed by atoms with Gasteiger partial charge < -0.3 is 10.4 Å². The Morgan fingerprint density at radius 3 is 2.52 bits per heavy atom. The summed E-state index contributed by atoms with van der Waals surface area (Å²) in [6.45, 7) is 3.45. The van der Waals surface area contributed by atoms with Gasteiger partial charge in [0.1, 0.15) is 6.04 Å². The highest BCUT2D eigenvalue weighted by Gasteiger charge is 2.55. The molecule has 0 amide bonds. The van der Waals surface area contributed by atoms with Gasteiger partial charge in [0, 0.05) is 30.2 Å². The standard InChI is InChI=1S/C18H19N3O4/c1-3-16-17(13-8-5-4-6-9-13)20(23)18(2,19(16)22)14-10-7-11-15(12-14)21(24)25/h4-12,16,22H,3H2,1-2H3/t16-,18+/m0/s1. The number of hydrogen-bond donors (Lipinski definition) is 1. The molecule has 1 heterocycles. The normalized spacial score (nSPS) is 23.9. The van der Waals surface area contributed by atoms with Crippen LogP contribution in [0, 0.1) is 15.3 Å². The third kappa shape index (κ3) is 2.57. The van der Waals surface area contributed by atoms with E-state index in [1.807, 2.05) is 37.3 Å². The second kappa shape index (κ2) is 6.27. The fourth-order valence-corrected chi connectivity index (χ4v) is 3.33. The third-order valence-electron chi connectivity index (χ3n) is 4.73. The van der Waals surface area contributed by atoms with Crippen molar-refractivity contribution in [3.63, 3.8) is 0 Å². The molecule has 0 bridgehead atoms. The van der Waals surface area contributed by atoms with E-state index in [0.29, 0.717) is 17.7 Å². The second-order valence-electron chi connectivity index (χ2n) is 6.14. The number of nitro benzene ring substituents is 1. The van der Waals surface area contributed by atoms with E-state index < -0.39 is 16.6 Å². The molecule has 7 nitrogen and oxygen atoms in total. The smallest absolute Gasteiger partial charge is 0.274 e. The molecule has 0 radical (unpaired) electrons. The van der Waals surface area contributed by atoms with Crippen molar-refractivity contribution in [2.24, 2.45) is 0 Å². The van der Waals surface area contributed by atoms with Gasteiger partial charge in [-0.25, -0.2) is 0 Å². The van der Waals surface area contributed by atoms with Crippen molar-refractivity contribution in [3.8, 4) is 0 Å². The maximum atomic E-state index is 13.2. The van der Waals surface area contributed by atoms with Crippen LogP contribution in [0.25, 0.3) is 0 Å². The van der Waals surface area contributed by atoms with Crippen LogP contribution in [-0.4, -0.2) is 31.7 Å². The molecule has 0 aromatic heterocycles. The summed E-state index contributed by atoms with van der Waals surface area (Å²) in [5, 5.41) is 36.1. The molecule has 2 aromatic carbocycles. The second-order valence-corrected chi connectivity index (χ2v) is 6.14. The molecule has 2 aromatic rings. The number of rotatable bonds is 4. The van der Waals surface area contributed by atoms with E-state index in [0.717, 1.165) is 15.4 Å². The van der Waals surface area contributed by atoms with Crippen LogP contribution in [0.3, 0.4) is 0 Å². The van der Waals surface area contributed by atoms with Crippen LogP contribution in [0.2, 0.25) is 0 Å². The summed E-state index contributed by atoms with van der Waals surface area (Å²) < 4.78 is 0.759. The number of nitrogens with zero attached hydrogens (tertiary/aromatic N) is 3. The summed E-state index contributed by atoms with van der Waals surface area (Å²) in [6, 6.07) is 14.4. The quantitative estimate of drug-likeness (QED) is 0.399. The van der Waals surface area contributed by atoms with Gasteiger partial charge in [-0.15, -0.1) is 5.06 Å². The molecule has 3 rings (SSSR count). The lowest BCUT2D eigenvalue weighted by Crippen LogP contribution is -2.46. The van der Waals surface area contributed by atoms with Gasteiger partial charge in [-0.3, -0.25) is 10.1 Å². The first-order chi connectivity index (χ1) is 11.9. The SMILES string of the molecule is CC[C@H]1C(c2ccccc2)=[N+]([O-])[C@](C)(c2cccc([N+](=O)[O-])c2)N1O. The van der Waals surface area contributed by atoms with Gasteiger partial charge in [0.25, 0.3) is 11.4 Å². The van der Waals surface area contributed by atoms with Gasteiger partial charge in [0.2, 0.25) is 5.71 Å². The Kier molecular flexibility index (Phi) is 4.28. The van der Waals surface area contributed by atoms with E-state index in [9.17, 15) is 20.5 Å². The molecule has 25 heavy (non-hydrogen) atoms. The minimum atomic E-state index is -1.45. The summed E-state index contributed by atoms with van der Waals surface area (Å²) in [7, 11) is 0. The molecular formula is C18H19N3O4. The molecule has 0 unspecified atom stereocenters. The first kappa shape index (κ1) is 17.1. The first-order valence-corrected chi connectivity index (χ1v) is 8.04. The Hall–Kier alpha value is -2.77. The molecular weight excluding hydrogens is 322 g/mol. The van der Waals surface area contributed by atoms with Gasteiger partial charge in [0.15, 0.2) is 0 Å². The third-order valence-corrected chi connectivity index (χ3v) is 4.73. The summed E-state index contributed by atoms with van der Waals surface area (Å²) in [4.78, 5) is 10.6. The van der Waals surface area contributed by atoms with Gasteiger partial charge in [-0.2, -0.15) is 4.74 Å². The van der Waals surface area contributed by atoms with Gasteiger partial charge >= 0.3 is 0 Å². The first-order valence-electron chi connectivity index (χ1n) is 8.04. The predicted octanol–water partition coefficient (Wildman–Crippen LogP) is 3.25. The van der Waals surface area contributed by atoms with E-state index in [1.165, 1.54) is 18.2 Å². The number of hydrogen-bond acceptors (Lipinski definition) is 5. The molecule has 130 valence electrons. The van der Waals surface area contributed by atoms with Crippen molar-refractivity contribution in [1.82, 2.24) is 5.06 Å². The van der Waals surface area contributed by atoms with Crippen molar-refractivity contribution in [2.45, 2.75) is 32.0 Å². The summed E-state index contributed by atoms with van der Waals surface area (Å²) >= 11 is 0. The molecule has 2 atom stereocenters. The van der Waals surface area contributed by atoms with Crippen LogP contribution < -0.4 is 0 Å². The molecule has 0 fully saturated rings. The molecule has 1 aliphatic heterocycles. The van der Waals surface area contributed by atoms with Crippen molar-refractivity contribution >= 4 is 11.4 Å². The van der Waals surface area contributed by atoms with E-state index in [-0.39, 0.29) is 5.69 Å². The lowest BCUT2D eigenvalue weighted by atomic mass is 10.00. The summed E-state index contributed by atoms with van der Waals surface area (Å²) in [6.07, 6.45) is 0.518. The van der Waals surface area contributed by atoms with Crippen LogP contribution >= 0.6 is 0 Å². The zero-order chi connectivity index (χ0) is 18.2. The molecule has 1 aliphatic rings. The van der Waals surface area contributed by atoms with Crippen LogP contribution in [0.15, 0.2) is 54.6 Å². The topological polar surface area (TPSA) is 92.7 Å². The lowest BCUT2D eigenvalue weighted by Gasteiger charge is -2.30. The maximum absolute atomic E-state index is 13.2. The zero-order valence-electron chi connectivity index (χ0n) is 14.0. The number of benzene rings is 2. The number of hydroxylamine groups is 3. The average Bonchev–Trinajstić information content (AvgIpc) is 2.84. The van der Waals surface area contributed by atoms with E-state index in [2.05, 4.69) is 0 Å². The van der Waals surface area contributed by atoms with E-state index >= 15 is 0 Å². The number of non-ortho nitro benzene ring substituents is 1. The maximum Gasteiger partial charge on any atom is 0.274 e. The van der Waals surface area contributed by atoms with Crippen LogP contribution in [-0.2, 0) is 5.66 Å². The Morgan fingerprint density at radius 2 is 1.92 bits per heavy atom. The van der Waals surface area contributed by atoms with Crippen molar-refractivity contribution < 1.29 is 14.9 Å². The lowest BCUT2D eigenvalue weighted by molar-refractivity contribution is -0.595. The minimum Gasteiger partial charge on any atom is -0.622 e. The Labute approximate surface area is 145 Å². The highest BCUT2D eigenvalue weighted by atomic mass is 16.6.